The van der Waals surface area contributed by atoms with Gasteiger partial charge in [0.25, 0.3) is 0 Å². The van der Waals surface area contributed by atoms with Gasteiger partial charge in [-0.25, -0.2) is 4.98 Å². The Balaban J connectivity index is 2.66. The lowest BCUT2D eigenvalue weighted by molar-refractivity contribution is 0.287. The van der Waals surface area contributed by atoms with E-state index in [9.17, 15) is 0 Å². The molecule has 1 heterocycles. The lowest BCUT2D eigenvalue weighted by Crippen LogP contribution is -1.96. The van der Waals surface area contributed by atoms with E-state index in [4.69, 9.17) is 10.2 Å². The molecule has 74 valence electrons. The Kier molecular flexibility index (Phi) is 4.35. The molecule has 3 nitrogen and oxygen atoms in total. The number of aryl methyl sites for hydroxylation is 2. The van der Waals surface area contributed by atoms with E-state index in [0.29, 0.717) is 6.42 Å². The van der Waals surface area contributed by atoms with Crippen molar-refractivity contribution in [3.63, 3.8) is 0 Å². The van der Waals surface area contributed by atoms with Crippen molar-refractivity contribution in [2.24, 2.45) is 0 Å². The molecule has 13 heavy (non-hydrogen) atoms. The minimum absolute atomic E-state index is 0.174. The first kappa shape index (κ1) is 10.6. The summed E-state index contributed by atoms with van der Waals surface area (Å²) in [5.41, 5.74) is 1.05. The van der Waals surface area contributed by atoms with Crippen LogP contribution in [0.4, 0.5) is 0 Å². The molecule has 0 bridgehead atoms. The summed E-state index contributed by atoms with van der Waals surface area (Å²) >= 11 is 1.64. The number of nitrogens with zero attached hydrogens (tertiary/aromatic N) is 1. The average Bonchev–Trinajstić information content (AvgIpc) is 2.44. The zero-order valence-electron chi connectivity index (χ0n) is 7.79. The number of aromatic nitrogens is 1. The number of hydrogen-bond acceptors (Lipinski definition) is 4. The maximum absolute atomic E-state index is 8.81. The van der Waals surface area contributed by atoms with Crippen molar-refractivity contribution in [1.82, 2.24) is 4.98 Å². The molecule has 0 aliphatic rings. The van der Waals surface area contributed by atoms with Crippen LogP contribution in [0.3, 0.4) is 0 Å². The van der Waals surface area contributed by atoms with Gasteiger partial charge in [0.05, 0.1) is 10.7 Å². The number of rotatable bonds is 5. The summed E-state index contributed by atoms with van der Waals surface area (Å²) in [6.45, 7) is 2.34. The van der Waals surface area contributed by atoms with Gasteiger partial charge in [0.2, 0.25) is 0 Å². The first-order valence-corrected chi connectivity index (χ1v) is 5.26. The van der Waals surface area contributed by atoms with Crippen molar-refractivity contribution in [1.29, 1.82) is 0 Å². The third-order valence-corrected chi connectivity index (χ3v) is 2.87. The molecule has 1 rings (SSSR count). The fraction of sp³-hybridized carbons (Fsp3) is 0.667. The maximum Gasteiger partial charge on any atom is 0.0900 e. The molecule has 1 aromatic heterocycles. The van der Waals surface area contributed by atoms with Gasteiger partial charge in [-0.2, -0.15) is 0 Å². The largest absolute Gasteiger partial charge is 0.396 e. The van der Waals surface area contributed by atoms with Gasteiger partial charge in [-0.3, -0.25) is 0 Å². The lowest BCUT2D eigenvalue weighted by atomic mass is 10.2. The predicted octanol–water partition coefficient (Wildman–Crippen LogP) is 0.911. The summed E-state index contributed by atoms with van der Waals surface area (Å²) in [4.78, 5) is 5.52. The van der Waals surface area contributed by atoms with Crippen molar-refractivity contribution in [2.75, 3.05) is 13.2 Å². The van der Waals surface area contributed by atoms with Gasteiger partial charge < -0.3 is 10.2 Å². The van der Waals surface area contributed by atoms with Crippen LogP contribution in [-0.4, -0.2) is 28.4 Å². The molecule has 0 unspecified atom stereocenters. The number of thiazole rings is 1. The second kappa shape index (κ2) is 5.32. The SMILES string of the molecule is Cc1nc(CCCO)c(CCO)s1. The highest BCUT2D eigenvalue weighted by Gasteiger charge is 2.07. The highest BCUT2D eigenvalue weighted by atomic mass is 32.1. The molecule has 0 saturated heterocycles. The molecule has 0 atom stereocenters. The third-order valence-electron chi connectivity index (χ3n) is 1.80. The predicted molar refractivity (Wildman–Crippen MR) is 53.0 cm³/mol. The summed E-state index contributed by atoms with van der Waals surface area (Å²) < 4.78 is 0. The highest BCUT2D eigenvalue weighted by molar-refractivity contribution is 7.11. The number of aliphatic hydroxyl groups excluding tert-OH is 2. The van der Waals surface area contributed by atoms with Crippen LogP contribution >= 0.6 is 11.3 Å². The molecule has 4 heteroatoms. The first-order chi connectivity index (χ1) is 6.27. The second-order valence-electron chi connectivity index (χ2n) is 2.90. The van der Waals surface area contributed by atoms with Gasteiger partial charge in [-0.05, 0) is 19.8 Å². The smallest absolute Gasteiger partial charge is 0.0900 e. The first-order valence-electron chi connectivity index (χ1n) is 4.45. The van der Waals surface area contributed by atoms with Crippen LogP contribution in [0.2, 0.25) is 0 Å². The Hall–Kier alpha value is -0.450. The molecule has 0 fully saturated rings. The average molecular weight is 201 g/mol. The van der Waals surface area contributed by atoms with E-state index in [1.807, 2.05) is 6.92 Å². The fourth-order valence-corrected chi connectivity index (χ4v) is 2.22. The van der Waals surface area contributed by atoms with Crippen LogP contribution < -0.4 is 0 Å². The minimum Gasteiger partial charge on any atom is -0.396 e. The Morgan fingerprint density at radius 2 is 2.00 bits per heavy atom. The molecule has 0 aromatic carbocycles. The van der Waals surface area contributed by atoms with Gasteiger partial charge in [0, 0.05) is 24.5 Å². The van der Waals surface area contributed by atoms with E-state index in [1.165, 1.54) is 0 Å². The van der Waals surface area contributed by atoms with E-state index in [1.54, 1.807) is 11.3 Å². The summed E-state index contributed by atoms with van der Waals surface area (Å²) in [5, 5.41) is 18.5. The quantitative estimate of drug-likeness (QED) is 0.744. The number of aliphatic hydroxyl groups is 2. The van der Waals surface area contributed by atoms with Gasteiger partial charge in [0.15, 0.2) is 0 Å². The molecule has 0 aliphatic heterocycles. The summed E-state index contributed by atoms with van der Waals surface area (Å²) in [5.74, 6) is 0. The van der Waals surface area contributed by atoms with Crippen molar-refractivity contribution in [3.05, 3.63) is 15.6 Å². The van der Waals surface area contributed by atoms with E-state index >= 15 is 0 Å². The molecule has 2 N–H and O–H groups in total. The minimum atomic E-state index is 0.174. The van der Waals surface area contributed by atoms with E-state index in [2.05, 4.69) is 4.98 Å². The normalized spacial score (nSPS) is 10.7. The lowest BCUT2D eigenvalue weighted by Gasteiger charge is -1.98. The van der Waals surface area contributed by atoms with Gasteiger partial charge in [0.1, 0.15) is 0 Å². The molecular weight excluding hydrogens is 186 g/mol. The van der Waals surface area contributed by atoms with Crippen molar-refractivity contribution >= 4 is 11.3 Å². The standard InChI is InChI=1S/C9H15NO2S/c1-7-10-8(3-2-5-11)9(13-7)4-6-12/h11-12H,2-6H2,1H3. The second-order valence-corrected chi connectivity index (χ2v) is 4.19. The van der Waals surface area contributed by atoms with Gasteiger partial charge >= 0.3 is 0 Å². The third kappa shape index (κ3) is 3.06. The van der Waals surface area contributed by atoms with Crippen LogP contribution in [0.1, 0.15) is 22.0 Å². The molecule has 0 saturated carbocycles. The van der Waals surface area contributed by atoms with Gasteiger partial charge in [-0.1, -0.05) is 0 Å². The summed E-state index contributed by atoms with van der Waals surface area (Å²) in [7, 11) is 0. The highest BCUT2D eigenvalue weighted by Crippen LogP contribution is 2.19. The fourth-order valence-electron chi connectivity index (χ4n) is 1.25. The van der Waals surface area contributed by atoms with Crippen LogP contribution in [0.15, 0.2) is 0 Å². The Morgan fingerprint density at radius 3 is 2.62 bits per heavy atom. The van der Waals surface area contributed by atoms with E-state index in [0.717, 1.165) is 28.4 Å². The van der Waals surface area contributed by atoms with Crippen molar-refractivity contribution < 1.29 is 10.2 Å². The monoisotopic (exact) mass is 201 g/mol. The molecule has 1 aromatic rings. The van der Waals surface area contributed by atoms with E-state index in [-0.39, 0.29) is 13.2 Å². The summed E-state index contributed by atoms with van der Waals surface area (Å²) in [6, 6.07) is 0. The van der Waals surface area contributed by atoms with Gasteiger partial charge in [-0.15, -0.1) is 11.3 Å². The molecule has 0 amide bonds. The Labute approximate surface area is 82.1 Å². The number of hydrogen-bond donors (Lipinski definition) is 2. The van der Waals surface area contributed by atoms with Crippen LogP contribution in [0.5, 0.6) is 0 Å². The zero-order chi connectivity index (χ0) is 9.68. The molecule has 0 spiro atoms. The zero-order valence-corrected chi connectivity index (χ0v) is 8.60. The molecular formula is C9H15NO2S. The van der Waals surface area contributed by atoms with Crippen LogP contribution in [0, 0.1) is 6.92 Å². The van der Waals surface area contributed by atoms with Crippen molar-refractivity contribution in [2.45, 2.75) is 26.2 Å². The maximum atomic E-state index is 8.81. The Bertz CT molecular complexity index is 260. The Morgan fingerprint density at radius 1 is 1.23 bits per heavy atom. The van der Waals surface area contributed by atoms with Crippen molar-refractivity contribution in [3.8, 4) is 0 Å². The van der Waals surface area contributed by atoms with Crippen LogP contribution in [-0.2, 0) is 12.8 Å². The topological polar surface area (TPSA) is 53.4 Å². The molecule has 0 radical (unpaired) electrons. The van der Waals surface area contributed by atoms with E-state index < -0.39 is 0 Å². The molecule has 0 aliphatic carbocycles. The summed E-state index contributed by atoms with van der Waals surface area (Å²) in [6.07, 6.45) is 2.25. The van der Waals surface area contributed by atoms with Crippen LogP contribution in [0.25, 0.3) is 0 Å².